The molecule has 3 unspecified atom stereocenters. The largest absolute Gasteiger partial charge is 0.495 e. The molecule has 0 radical (unpaired) electrons. The lowest BCUT2D eigenvalue weighted by molar-refractivity contribution is -0.143. The second kappa shape index (κ2) is 21.4. The molecular formula is C43H61N5O7. The van der Waals surface area contributed by atoms with E-state index in [1.54, 1.807) is 43.3 Å². The Bertz CT molecular complexity index is 1640. The van der Waals surface area contributed by atoms with Crippen molar-refractivity contribution in [3.05, 3.63) is 54.1 Å². The first-order valence-corrected chi connectivity index (χ1v) is 20.3. The van der Waals surface area contributed by atoms with Crippen LogP contribution in [0.3, 0.4) is 0 Å². The molecule has 0 aromatic heterocycles. The lowest BCUT2D eigenvalue weighted by atomic mass is 9.84. The Hall–Kier alpha value is -4.74. The zero-order valence-electron chi connectivity index (χ0n) is 33.4. The van der Waals surface area contributed by atoms with Crippen LogP contribution in [0.5, 0.6) is 5.75 Å². The van der Waals surface area contributed by atoms with E-state index in [0.717, 1.165) is 19.3 Å². The summed E-state index contributed by atoms with van der Waals surface area (Å²) in [7, 11) is 1.42. The number of amides is 4. The Morgan fingerprint density at radius 1 is 0.855 bits per heavy atom. The molecule has 0 saturated carbocycles. The molecule has 3 atom stereocenters. The smallest absolute Gasteiger partial charge is 0.418 e. The zero-order chi connectivity index (χ0) is 39.8. The maximum absolute atomic E-state index is 14.4. The number of unbranched alkanes of at least 4 members (excludes halogenated alkanes) is 14. The number of benzene rings is 2. The van der Waals surface area contributed by atoms with Gasteiger partial charge in [-0.25, -0.2) is 9.69 Å². The Kier molecular flexibility index (Phi) is 16.7. The number of nitrogens with one attached hydrogen (secondary N) is 3. The Morgan fingerprint density at radius 3 is 1.98 bits per heavy atom. The fourth-order valence-electron chi connectivity index (χ4n) is 7.20. The fraction of sp³-hybridized carbons (Fsp3) is 0.581. The fourth-order valence-corrected chi connectivity index (χ4v) is 7.20. The number of ether oxygens (including phenoxy) is 2. The van der Waals surface area contributed by atoms with E-state index in [0.29, 0.717) is 28.3 Å². The first kappa shape index (κ1) is 43.0. The van der Waals surface area contributed by atoms with Crippen molar-refractivity contribution < 1.29 is 33.4 Å². The minimum absolute atomic E-state index is 0.142. The molecule has 3 N–H and O–H groups in total. The number of carbonyl (C=O) groups is 5. The van der Waals surface area contributed by atoms with E-state index in [4.69, 9.17) is 9.47 Å². The zero-order valence-corrected chi connectivity index (χ0v) is 33.4. The molecule has 2 heterocycles. The van der Waals surface area contributed by atoms with Crippen LogP contribution in [0.2, 0.25) is 0 Å². The number of nitrogens with zero attached hydrogens (tertiary/aromatic N) is 2. The highest BCUT2D eigenvalue weighted by Crippen LogP contribution is 2.32. The minimum atomic E-state index is -1.89. The molecule has 300 valence electrons. The van der Waals surface area contributed by atoms with Crippen molar-refractivity contribution in [3.8, 4) is 5.75 Å². The molecule has 0 spiro atoms. The van der Waals surface area contributed by atoms with E-state index in [2.05, 4.69) is 28.1 Å². The first-order valence-electron chi connectivity index (χ1n) is 20.3. The third-order valence-corrected chi connectivity index (χ3v) is 10.4. The van der Waals surface area contributed by atoms with Gasteiger partial charge in [0.1, 0.15) is 5.75 Å². The molecule has 0 bridgehead atoms. The van der Waals surface area contributed by atoms with Gasteiger partial charge in [0, 0.05) is 12.1 Å². The number of ketones is 1. The Labute approximate surface area is 326 Å². The van der Waals surface area contributed by atoms with Gasteiger partial charge in [-0.05, 0) is 51.0 Å². The predicted molar refractivity (Wildman–Crippen MR) is 215 cm³/mol. The number of cyclic esters (lactones) is 1. The van der Waals surface area contributed by atoms with Gasteiger partial charge >= 0.3 is 6.09 Å². The monoisotopic (exact) mass is 759 g/mol. The summed E-state index contributed by atoms with van der Waals surface area (Å²) in [6.07, 6.45) is 17.9. The van der Waals surface area contributed by atoms with E-state index in [9.17, 15) is 24.0 Å². The van der Waals surface area contributed by atoms with Gasteiger partial charge in [0.2, 0.25) is 5.91 Å². The van der Waals surface area contributed by atoms with Crippen molar-refractivity contribution in [2.45, 2.75) is 148 Å². The topological polar surface area (TPSA) is 155 Å². The third kappa shape index (κ3) is 12.1. The van der Waals surface area contributed by atoms with Crippen molar-refractivity contribution in [3.63, 3.8) is 0 Å². The number of methoxy groups -OCH3 is 1. The van der Waals surface area contributed by atoms with Crippen molar-refractivity contribution in [2.75, 3.05) is 17.7 Å². The van der Waals surface area contributed by atoms with Gasteiger partial charge < -0.3 is 25.5 Å². The van der Waals surface area contributed by atoms with Crippen LogP contribution in [-0.2, 0) is 23.9 Å². The summed E-state index contributed by atoms with van der Waals surface area (Å²) >= 11 is 0. The summed E-state index contributed by atoms with van der Waals surface area (Å²) in [5.41, 5.74) is 2.92. The second-order valence-corrected chi connectivity index (χ2v) is 15.3. The maximum atomic E-state index is 14.4. The van der Waals surface area contributed by atoms with Gasteiger partial charge in [-0.15, -0.1) is 0 Å². The normalized spacial score (nSPS) is 18.0. The van der Waals surface area contributed by atoms with Crippen molar-refractivity contribution >= 4 is 46.7 Å². The number of rotatable bonds is 24. The first-order chi connectivity index (χ1) is 26.5. The number of hydrogen-bond acceptors (Lipinski definition) is 9. The molecule has 1 saturated heterocycles. The van der Waals surface area contributed by atoms with Gasteiger partial charge in [-0.1, -0.05) is 127 Å². The predicted octanol–water partition coefficient (Wildman–Crippen LogP) is 8.54. The molecular weight excluding hydrogens is 699 g/mol. The average molecular weight is 760 g/mol. The minimum Gasteiger partial charge on any atom is -0.495 e. The molecule has 12 nitrogen and oxygen atoms in total. The van der Waals surface area contributed by atoms with Gasteiger partial charge in [0.25, 0.3) is 11.8 Å². The van der Waals surface area contributed by atoms with Crippen LogP contribution in [-0.4, -0.2) is 65.0 Å². The summed E-state index contributed by atoms with van der Waals surface area (Å²) in [5.74, 6) is -3.37. The van der Waals surface area contributed by atoms with Crippen molar-refractivity contribution in [1.82, 2.24) is 10.3 Å². The number of anilines is 2. The summed E-state index contributed by atoms with van der Waals surface area (Å²) in [4.78, 5) is 68.7. The van der Waals surface area contributed by atoms with Crippen LogP contribution in [0.4, 0.5) is 16.2 Å². The van der Waals surface area contributed by atoms with Gasteiger partial charge in [-0.2, -0.15) is 5.10 Å². The number of carbonyl (C=O) groups excluding carboxylic acids is 5. The van der Waals surface area contributed by atoms with Crippen molar-refractivity contribution in [1.29, 1.82) is 0 Å². The molecule has 1 fully saturated rings. The molecule has 12 heteroatoms. The van der Waals surface area contributed by atoms with Crippen LogP contribution in [0, 0.1) is 5.92 Å². The number of Topliss-reactive ketones (excluding diaryl/α,β-unsaturated/α-hetero) is 1. The van der Waals surface area contributed by atoms with E-state index < -0.39 is 47.3 Å². The summed E-state index contributed by atoms with van der Waals surface area (Å²) in [6, 6.07) is 11.3. The van der Waals surface area contributed by atoms with Crippen LogP contribution < -0.4 is 20.8 Å². The third-order valence-electron chi connectivity index (χ3n) is 10.4. The van der Waals surface area contributed by atoms with Crippen LogP contribution in [0.15, 0.2) is 53.6 Å². The summed E-state index contributed by atoms with van der Waals surface area (Å²) in [5, 5.41) is 9.96. The maximum Gasteiger partial charge on any atom is 0.418 e. The molecule has 2 aromatic rings. The highest BCUT2D eigenvalue weighted by molar-refractivity contribution is 6.25. The summed E-state index contributed by atoms with van der Waals surface area (Å²) < 4.78 is 10.8. The lowest BCUT2D eigenvalue weighted by Crippen LogP contribution is -2.56. The number of hydrogen-bond donors (Lipinski definition) is 3. The summed E-state index contributed by atoms with van der Waals surface area (Å²) in [6.45, 7) is 6.79. The van der Waals surface area contributed by atoms with E-state index >= 15 is 0 Å². The molecule has 4 amide bonds. The number of imide groups is 1. The van der Waals surface area contributed by atoms with Crippen molar-refractivity contribution in [2.24, 2.45) is 11.0 Å². The molecule has 55 heavy (non-hydrogen) atoms. The van der Waals surface area contributed by atoms with Gasteiger partial charge in [-0.3, -0.25) is 19.2 Å². The van der Waals surface area contributed by atoms with Gasteiger partial charge in [0.15, 0.2) is 17.4 Å². The molecule has 2 aliphatic heterocycles. The molecule has 2 aromatic carbocycles. The second-order valence-electron chi connectivity index (χ2n) is 15.3. The van der Waals surface area contributed by atoms with E-state index in [-0.39, 0.29) is 17.3 Å². The molecule has 0 aliphatic carbocycles. The van der Waals surface area contributed by atoms with Crippen LogP contribution >= 0.6 is 0 Å². The molecule has 2 aliphatic rings. The van der Waals surface area contributed by atoms with Gasteiger partial charge in [0.05, 0.1) is 30.5 Å². The Balaban J connectivity index is 1.33. The number of hydrazone groups is 1. The standard InChI is InChI=1S/C43H61N5O7/c1-6-7-8-9-10-11-12-13-14-15-16-17-18-19-23-26-35(49)44-32-27-28-34(54-5)33(29-32)45-40(51)38(48-41(52)43(3,4)55-42(48)53)39(50)36-30(2)46-47-37(36)31-24-21-20-22-25-31/h20-22,24-25,27-30,36,38,46H,6-19,23,26H2,1-5H3,(H,44,49)(H,45,51). The highest BCUT2D eigenvalue weighted by atomic mass is 16.6. The van der Waals surface area contributed by atoms with Crippen LogP contribution in [0.25, 0.3) is 0 Å². The van der Waals surface area contributed by atoms with E-state index in [1.165, 1.54) is 104 Å². The quantitative estimate of drug-likeness (QED) is 0.0711. The van der Waals surface area contributed by atoms with Crippen LogP contribution in [0.1, 0.15) is 136 Å². The van der Waals surface area contributed by atoms with E-state index in [1.807, 2.05) is 6.07 Å². The lowest BCUT2D eigenvalue weighted by Gasteiger charge is -2.27. The molecule has 4 rings (SSSR count). The SMILES string of the molecule is CCCCCCCCCCCCCCCCCC(=O)Nc1ccc(OC)c(NC(=O)C(C(=O)C2C(c3ccccc3)=NNC2C)N2C(=O)OC(C)(C)C2=O)c1. The average Bonchev–Trinajstić information content (AvgIpc) is 3.64. The highest BCUT2D eigenvalue weighted by Gasteiger charge is 2.56. The Morgan fingerprint density at radius 2 is 1.44 bits per heavy atom.